The van der Waals surface area contributed by atoms with Crippen molar-refractivity contribution in [3.8, 4) is 23.8 Å². The zero-order valence-corrected chi connectivity index (χ0v) is 12.8. The van der Waals surface area contributed by atoms with Gasteiger partial charge >= 0.3 is 6.03 Å². The van der Waals surface area contributed by atoms with Crippen LogP contribution < -0.4 is 20.1 Å². The van der Waals surface area contributed by atoms with Crippen LogP contribution in [0.3, 0.4) is 0 Å². The summed E-state index contributed by atoms with van der Waals surface area (Å²) in [6, 6.07) is 14.1. The van der Waals surface area contributed by atoms with E-state index in [4.69, 9.17) is 15.9 Å². The van der Waals surface area contributed by atoms with Gasteiger partial charge in [0.25, 0.3) is 0 Å². The number of amides is 2. The zero-order chi connectivity index (χ0) is 16.5. The third kappa shape index (κ3) is 5.29. The van der Waals surface area contributed by atoms with Crippen molar-refractivity contribution in [3.63, 3.8) is 0 Å². The van der Waals surface area contributed by atoms with Crippen LogP contribution in [-0.4, -0.2) is 26.3 Å². The van der Waals surface area contributed by atoms with Gasteiger partial charge in [0.1, 0.15) is 18.1 Å². The van der Waals surface area contributed by atoms with Gasteiger partial charge in [-0.15, -0.1) is 6.42 Å². The van der Waals surface area contributed by atoms with Crippen LogP contribution in [-0.2, 0) is 0 Å². The van der Waals surface area contributed by atoms with E-state index in [0.717, 1.165) is 5.75 Å². The molecular weight excluding hydrogens is 292 g/mol. The molecule has 0 aliphatic carbocycles. The molecule has 0 aliphatic rings. The molecule has 0 saturated carbocycles. The number of terminal acetylenes is 1. The molecule has 0 aromatic heterocycles. The van der Waals surface area contributed by atoms with Crippen LogP contribution >= 0.6 is 0 Å². The second kappa shape index (κ2) is 8.35. The number of rotatable bonds is 6. The van der Waals surface area contributed by atoms with Gasteiger partial charge in [-0.05, 0) is 30.3 Å². The van der Waals surface area contributed by atoms with Crippen molar-refractivity contribution in [3.05, 3.63) is 54.1 Å². The summed E-state index contributed by atoms with van der Waals surface area (Å²) in [5, 5.41) is 5.42. The average molecular weight is 310 g/mol. The molecule has 2 N–H and O–H groups in total. The van der Waals surface area contributed by atoms with Gasteiger partial charge in [-0.1, -0.05) is 18.1 Å². The number of ether oxygens (including phenoxy) is 2. The summed E-state index contributed by atoms with van der Waals surface area (Å²) in [5.74, 6) is 3.93. The van der Waals surface area contributed by atoms with Crippen molar-refractivity contribution < 1.29 is 14.3 Å². The molecular formula is C18H18N2O3. The average Bonchev–Trinajstić information content (AvgIpc) is 2.59. The number of hydrogen-bond donors (Lipinski definition) is 2. The van der Waals surface area contributed by atoms with E-state index in [-0.39, 0.29) is 6.03 Å². The van der Waals surface area contributed by atoms with Crippen LogP contribution in [0.2, 0.25) is 0 Å². The fourth-order valence-corrected chi connectivity index (χ4v) is 1.89. The first kappa shape index (κ1) is 16.2. The molecule has 5 nitrogen and oxygen atoms in total. The van der Waals surface area contributed by atoms with Crippen molar-refractivity contribution in [2.45, 2.75) is 0 Å². The summed E-state index contributed by atoms with van der Waals surface area (Å²) in [7, 11) is 1.60. The summed E-state index contributed by atoms with van der Waals surface area (Å²) >= 11 is 0. The predicted molar refractivity (Wildman–Crippen MR) is 89.9 cm³/mol. The SMILES string of the molecule is C#Cc1cccc(NC(=O)NCCOc2cccc(OC)c2)c1. The van der Waals surface area contributed by atoms with Gasteiger partial charge in [0.15, 0.2) is 0 Å². The van der Waals surface area contributed by atoms with Crippen molar-refractivity contribution in [2.75, 3.05) is 25.6 Å². The van der Waals surface area contributed by atoms with E-state index < -0.39 is 0 Å². The summed E-state index contributed by atoms with van der Waals surface area (Å²) < 4.78 is 10.6. The molecule has 2 aromatic carbocycles. The standard InChI is InChI=1S/C18H18N2O3/c1-3-14-6-4-7-15(12-14)20-18(21)19-10-11-23-17-9-5-8-16(13-17)22-2/h1,4-9,12-13H,10-11H2,2H3,(H2,19,20,21). The summed E-state index contributed by atoms with van der Waals surface area (Å²) in [6.07, 6.45) is 5.32. The molecule has 0 unspecified atom stereocenters. The molecule has 2 amide bonds. The van der Waals surface area contributed by atoms with E-state index >= 15 is 0 Å². The van der Waals surface area contributed by atoms with E-state index in [2.05, 4.69) is 16.6 Å². The van der Waals surface area contributed by atoms with Crippen LogP contribution in [0.5, 0.6) is 11.5 Å². The van der Waals surface area contributed by atoms with Gasteiger partial charge in [-0.3, -0.25) is 0 Å². The molecule has 5 heteroatoms. The van der Waals surface area contributed by atoms with Crippen molar-refractivity contribution in [1.29, 1.82) is 0 Å². The van der Waals surface area contributed by atoms with E-state index in [1.165, 1.54) is 0 Å². The van der Waals surface area contributed by atoms with E-state index in [1.54, 1.807) is 37.4 Å². The number of hydrogen-bond acceptors (Lipinski definition) is 3. The molecule has 0 saturated heterocycles. The maximum absolute atomic E-state index is 11.8. The Labute approximate surface area is 135 Å². The number of carbonyl (C=O) groups is 1. The van der Waals surface area contributed by atoms with E-state index in [9.17, 15) is 4.79 Å². The van der Waals surface area contributed by atoms with Gasteiger partial charge in [0.05, 0.1) is 13.7 Å². The minimum Gasteiger partial charge on any atom is -0.497 e. The molecule has 0 atom stereocenters. The molecule has 0 spiro atoms. The summed E-state index contributed by atoms with van der Waals surface area (Å²) in [6.45, 7) is 0.725. The Morgan fingerprint density at radius 3 is 2.74 bits per heavy atom. The van der Waals surface area contributed by atoms with E-state index in [0.29, 0.717) is 30.2 Å². The molecule has 118 valence electrons. The lowest BCUT2D eigenvalue weighted by molar-refractivity contribution is 0.247. The highest BCUT2D eigenvalue weighted by atomic mass is 16.5. The first-order valence-corrected chi connectivity index (χ1v) is 7.09. The molecule has 0 aliphatic heterocycles. The smallest absolute Gasteiger partial charge is 0.319 e. The summed E-state index contributed by atoms with van der Waals surface area (Å²) in [4.78, 5) is 11.8. The lowest BCUT2D eigenvalue weighted by Crippen LogP contribution is -2.32. The lowest BCUT2D eigenvalue weighted by atomic mass is 10.2. The molecule has 0 heterocycles. The minimum absolute atomic E-state index is 0.312. The third-order valence-corrected chi connectivity index (χ3v) is 2.98. The quantitative estimate of drug-likeness (QED) is 0.637. The maximum atomic E-state index is 11.8. The topological polar surface area (TPSA) is 59.6 Å². The Kier molecular flexibility index (Phi) is 5.89. The fourth-order valence-electron chi connectivity index (χ4n) is 1.89. The largest absolute Gasteiger partial charge is 0.497 e. The molecule has 23 heavy (non-hydrogen) atoms. The molecule has 2 aromatic rings. The Balaban J connectivity index is 1.73. The Bertz CT molecular complexity index is 707. The highest BCUT2D eigenvalue weighted by Gasteiger charge is 2.02. The second-order valence-corrected chi connectivity index (χ2v) is 4.63. The summed E-state index contributed by atoms with van der Waals surface area (Å²) in [5.41, 5.74) is 1.36. The normalized spacial score (nSPS) is 9.57. The van der Waals surface area contributed by atoms with E-state index in [1.807, 2.05) is 18.2 Å². The first-order valence-electron chi connectivity index (χ1n) is 7.09. The number of nitrogens with one attached hydrogen (secondary N) is 2. The monoisotopic (exact) mass is 310 g/mol. The highest BCUT2D eigenvalue weighted by molar-refractivity contribution is 5.89. The van der Waals surface area contributed by atoms with Gasteiger partial charge in [-0.25, -0.2) is 4.79 Å². The highest BCUT2D eigenvalue weighted by Crippen LogP contribution is 2.18. The zero-order valence-electron chi connectivity index (χ0n) is 12.8. The third-order valence-electron chi connectivity index (χ3n) is 2.98. The number of anilines is 1. The second-order valence-electron chi connectivity index (χ2n) is 4.63. The fraction of sp³-hybridized carbons (Fsp3) is 0.167. The van der Waals surface area contributed by atoms with Crippen LogP contribution in [0.4, 0.5) is 10.5 Å². The van der Waals surface area contributed by atoms with Crippen LogP contribution in [0.25, 0.3) is 0 Å². The predicted octanol–water partition coefficient (Wildman–Crippen LogP) is 2.88. The number of methoxy groups -OCH3 is 1. The Morgan fingerprint density at radius 2 is 1.96 bits per heavy atom. The van der Waals surface area contributed by atoms with Crippen molar-refractivity contribution in [2.24, 2.45) is 0 Å². The maximum Gasteiger partial charge on any atom is 0.319 e. The molecule has 0 bridgehead atoms. The van der Waals surface area contributed by atoms with Crippen LogP contribution in [0, 0.1) is 12.3 Å². The minimum atomic E-state index is -0.312. The van der Waals surface area contributed by atoms with Crippen molar-refractivity contribution in [1.82, 2.24) is 5.32 Å². The van der Waals surface area contributed by atoms with Gasteiger partial charge in [0.2, 0.25) is 0 Å². The number of benzene rings is 2. The molecule has 0 fully saturated rings. The van der Waals surface area contributed by atoms with Gasteiger partial charge in [0, 0.05) is 17.3 Å². The Morgan fingerprint density at radius 1 is 1.17 bits per heavy atom. The number of carbonyl (C=O) groups excluding carboxylic acids is 1. The molecule has 0 radical (unpaired) electrons. The van der Waals surface area contributed by atoms with Gasteiger partial charge in [-0.2, -0.15) is 0 Å². The number of urea groups is 1. The Hall–Kier alpha value is -3.13. The van der Waals surface area contributed by atoms with Crippen LogP contribution in [0.15, 0.2) is 48.5 Å². The first-order chi connectivity index (χ1) is 11.2. The van der Waals surface area contributed by atoms with Crippen molar-refractivity contribution >= 4 is 11.7 Å². The molecule has 2 rings (SSSR count). The lowest BCUT2D eigenvalue weighted by Gasteiger charge is -2.10. The van der Waals surface area contributed by atoms with Crippen LogP contribution in [0.1, 0.15) is 5.56 Å². The van der Waals surface area contributed by atoms with Gasteiger partial charge < -0.3 is 20.1 Å².